The number of amides is 1. The predicted molar refractivity (Wildman–Crippen MR) is 145 cm³/mol. The van der Waals surface area contributed by atoms with Crippen molar-refractivity contribution in [1.82, 2.24) is 24.3 Å². The van der Waals surface area contributed by atoms with Gasteiger partial charge in [-0.25, -0.2) is 14.7 Å². The number of carbonyl (C=O) groups excluding carboxylic acids is 1. The van der Waals surface area contributed by atoms with Gasteiger partial charge in [-0.2, -0.15) is 10.2 Å². The Morgan fingerprint density at radius 1 is 1.11 bits per heavy atom. The van der Waals surface area contributed by atoms with Crippen molar-refractivity contribution in [2.24, 2.45) is 5.10 Å². The summed E-state index contributed by atoms with van der Waals surface area (Å²) in [5.74, 6) is 0.0792. The number of aromatic nitrogens is 4. The van der Waals surface area contributed by atoms with Crippen molar-refractivity contribution in [3.63, 3.8) is 0 Å². The summed E-state index contributed by atoms with van der Waals surface area (Å²) < 4.78 is 3.05. The van der Waals surface area contributed by atoms with Gasteiger partial charge in [0, 0.05) is 23.9 Å². The Labute approximate surface area is 219 Å². The highest BCUT2D eigenvalue weighted by Crippen LogP contribution is 2.34. The Kier molecular flexibility index (Phi) is 6.88. The van der Waals surface area contributed by atoms with Crippen LogP contribution in [0.25, 0.3) is 5.95 Å². The molecule has 8 nitrogen and oxygen atoms in total. The minimum atomic E-state index is -0.275. The first-order valence-electron chi connectivity index (χ1n) is 12.5. The van der Waals surface area contributed by atoms with E-state index in [-0.39, 0.29) is 24.1 Å². The third-order valence-corrected chi connectivity index (χ3v) is 7.39. The molecule has 0 bridgehead atoms. The maximum atomic E-state index is 13.8. The molecule has 1 atom stereocenters. The van der Waals surface area contributed by atoms with Gasteiger partial charge < -0.3 is 0 Å². The van der Waals surface area contributed by atoms with Crippen molar-refractivity contribution in [2.75, 3.05) is 0 Å². The molecule has 0 N–H and O–H groups in total. The summed E-state index contributed by atoms with van der Waals surface area (Å²) in [5.41, 5.74) is 5.11. The Bertz CT molecular complexity index is 1520. The van der Waals surface area contributed by atoms with Crippen LogP contribution in [0.1, 0.15) is 58.9 Å². The molecule has 0 saturated heterocycles. The molecule has 9 heteroatoms. The monoisotopic (exact) mass is 514 g/mol. The van der Waals surface area contributed by atoms with Crippen LogP contribution in [0.5, 0.6) is 0 Å². The SMILES string of the molecule is CCCc1cc(=O)n(CC(=O)N2N=C(c3cccs3)CC2c2ccc(C)cc2)c(-n2nc(C)cc2C)n1. The van der Waals surface area contributed by atoms with Crippen LogP contribution in [0.15, 0.2) is 63.8 Å². The van der Waals surface area contributed by atoms with Gasteiger partial charge in [0.2, 0.25) is 5.95 Å². The minimum absolute atomic E-state index is 0.185. The number of rotatable bonds is 7. The van der Waals surface area contributed by atoms with E-state index in [1.165, 1.54) is 15.6 Å². The molecule has 4 aromatic rings. The summed E-state index contributed by atoms with van der Waals surface area (Å²) >= 11 is 1.60. The molecule has 4 heterocycles. The zero-order valence-electron chi connectivity index (χ0n) is 21.5. The van der Waals surface area contributed by atoms with Crippen molar-refractivity contribution < 1.29 is 4.79 Å². The normalized spacial score (nSPS) is 15.3. The van der Waals surface area contributed by atoms with Gasteiger partial charge in [0.25, 0.3) is 11.5 Å². The van der Waals surface area contributed by atoms with Crippen LogP contribution < -0.4 is 5.56 Å². The van der Waals surface area contributed by atoms with Crippen LogP contribution in [0.4, 0.5) is 0 Å². The number of hydrogen-bond acceptors (Lipinski definition) is 6. The fourth-order valence-corrected chi connectivity index (χ4v) is 5.37. The van der Waals surface area contributed by atoms with Crippen LogP contribution in [-0.2, 0) is 17.8 Å². The van der Waals surface area contributed by atoms with Crippen LogP contribution in [0, 0.1) is 20.8 Å². The van der Waals surface area contributed by atoms with Gasteiger partial charge in [0.05, 0.1) is 22.3 Å². The fourth-order valence-electron chi connectivity index (χ4n) is 4.65. The largest absolute Gasteiger partial charge is 0.271 e. The van der Waals surface area contributed by atoms with Crippen LogP contribution in [0.3, 0.4) is 0 Å². The average Bonchev–Trinajstić information content (AvgIpc) is 3.61. The topological polar surface area (TPSA) is 85.4 Å². The molecule has 1 aliphatic heterocycles. The number of hydrogen-bond donors (Lipinski definition) is 0. The van der Waals surface area contributed by atoms with E-state index < -0.39 is 0 Å². The van der Waals surface area contributed by atoms with E-state index in [0.29, 0.717) is 24.5 Å². The smallest absolute Gasteiger partial charge is 0.263 e. The maximum Gasteiger partial charge on any atom is 0.263 e. The Morgan fingerprint density at radius 3 is 2.54 bits per heavy atom. The predicted octanol–water partition coefficient (Wildman–Crippen LogP) is 4.75. The van der Waals surface area contributed by atoms with Crippen molar-refractivity contribution in [1.29, 1.82) is 0 Å². The highest BCUT2D eigenvalue weighted by atomic mass is 32.1. The Hall–Kier alpha value is -3.85. The van der Waals surface area contributed by atoms with Crippen molar-refractivity contribution in [3.8, 4) is 5.95 Å². The Balaban J connectivity index is 1.54. The quantitative estimate of drug-likeness (QED) is 0.356. The van der Waals surface area contributed by atoms with Crippen molar-refractivity contribution >= 4 is 23.0 Å². The summed E-state index contributed by atoms with van der Waals surface area (Å²) in [6, 6.07) is 15.4. The molecule has 0 aliphatic carbocycles. The number of hydrazone groups is 1. The van der Waals surface area contributed by atoms with E-state index in [0.717, 1.165) is 39.5 Å². The van der Waals surface area contributed by atoms with Gasteiger partial charge in [0.15, 0.2) is 0 Å². The summed E-state index contributed by atoms with van der Waals surface area (Å²) in [7, 11) is 0. The minimum Gasteiger partial charge on any atom is -0.271 e. The molecule has 3 aromatic heterocycles. The van der Waals surface area contributed by atoms with Gasteiger partial charge >= 0.3 is 0 Å². The van der Waals surface area contributed by atoms with Gasteiger partial charge in [-0.05, 0) is 50.3 Å². The molecule has 0 fully saturated rings. The second-order valence-electron chi connectivity index (χ2n) is 9.45. The van der Waals surface area contributed by atoms with Crippen LogP contribution in [-0.4, -0.2) is 36.0 Å². The first-order valence-corrected chi connectivity index (χ1v) is 13.4. The highest BCUT2D eigenvalue weighted by molar-refractivity contribution is 7.12. The standard InChI is InChI=1S/C28H30N6O2S/c1-5-7-22-15-26(35)32(28(29-22)33-20(4)14-19(3)30-33)17-27(36)34-24(21-11-9-18(2)10-12-21)16-23(31-34)25-8-6-13-37-25/h6,8-15,24H,5,7,16-17H2,1-4H3. The third-order valence-electron chi connectivity index (χ3n) is 6.47. The van der Waals surface area contributed by atoms with E-state index in [1.54, 1.807) is 16.0 Å². The summed E-state index contributed by atoms with van der Waals surface area (Å²) in [6.45, 7) is 7.70. The molecule has 1 amide bonds. The summed E-state index contributed by atoms with van der Waals surface area (Å²) in [6.07, 6.45) is 2.15. The molecular formula is C28H30N6O2S. The lowest BCUT2D eigenvalue weighted by atomic mass is 10.00. The van der Waals surface area contributed by atoms with Gasteiger partial charge in [0.1, 0.15) is 6.54 Å². The molecule has 0 radical (unpaired) electrons. The first-order chi connectivity index (χ1) is 17.8. The summed E-state index contributed by atoms with van der Waals surface area (Å²) in [4.78, 5) is 32.9. The number of thiophene rings is 1. The van der Waals surface area contributed by atoms with Crippen LogP contribution in [0.2, 0.25) is 0 Å². The third kappa shape index (κ3) is 5.04. The lowest BCUT2D eigenvalue weighted by Crippen LogP contribution is -2.36. The lowest BCUT2D eigenvalue weighted by Gasteiger charge is -2.23. The molecular weight excluding hydrogens is 484 g/mol. The maximum absolute atomic E-state index is 13.8. The molecule has 1 aliphatic rings. The Morgan fingerprint density at radius 2 is 1.89 bits per heavy atom. The number of nitrogens with zero attached hydrogens (tertiary/aromatic N) is 6. The van der Waals surface area contributed by atoms with E-state index in [2.05, 4.69) is 5.10 Å². The van der Waals surface area contributed by atoms with E-state index >= 15 is 0 Å². The van der Waals surface area contributed by atoms with Crippen molar-refractivity contribution in [2.45, 2.75) is 59.5 Å². The molecule has 37 heavy (non-hydrogen) atoms. The zero-order valence-corrected chi connectivity index (χ0v) is 22.3. The van der Waals surface area contributed by atoms with E-state index in [9.17, 15) is 9.59 Å². The lowest BCUT2D eigenvalue weighted by molar-refractivity contribution is -0.133. The molecule has 0 saturated carbocycles. The van der Waals surface area contributed by atoms with Gasteiger partial charge in [-0.1, -0.05) is 49.2 Å². The highest BCUT2D eigenvalue weighted by Gasteiger charge is 2.34. The second kappa shape index (κ2) is 10.3. The van der Waals surface area contributed by atoms with Crippen LogP contribution >= 0.6 is 11.3 Å². The molecule has 1 aromatic carbocycles. The van der Waals surface area contributed by atoms with E-state index in [4.69, 9.17) is 10.1 Å². The van der Waals surface area contributed by atoms with Gasteiger partial charge in [-0.3, -0.25) is 14.2 Å². The number of carbonyl (C=O) groups is 1. The number of benzene rings is 1. The molecule has 190 valence electrons. The zero-order chi connectivity index (χ0) is 26.1. The molecule has 0 spiro atoms. The second-order valence-corrected chi connectivity index (χ2v) is 10.4. The van der Waals surface area contributed by atoms with E-state index in [1.807, 2.05) is 75.5 Å². The van der Waals surface area contributed by atoms with Crippen molar-refractivity contribution in [3.05, 3.63) is 97.4 Å². The summed E-state index contributed by atoms with van der Waals surface area (Å²) in [5, 5.41) is 12.9. The first kappa shape index (κ1) is 24.8. The average molecular weight is 515 g/mol. The molecule has 1 unspecified atom stereocenters. The fraction of sp³-hybridized carbons (Fsp3) is 0.321. The number of aryl methyl sites for hydroxylation is 4. The molecule has 5 rings (SSSR count). The van der Waals surface area contributed by atoms with Gasteiger partial charge in [-0.15, -0.1) is 11.3 Å².